The number of nitrogens with zero attached hydrogens (tertiary/aromatic N) is 2. The van der Waals surface area contributed by atoms with Crippen molar-refractivity contribution in [3.05, 3.63) is 90.6 Å². The first-order valence-electron chi connectivity index (χ1n) is 14.0. The molecule has 192 valence electrons. The predicted molar refractivity (Wildman–Crippen MR) is 155 cm³/mol. The molecule has 5 aromatic rings. The molecule has 8 rings (SSSR count). The molecule has 0 spiro atoms. The minimum Gasteiger partial charge on any atom is -0.497 e. The van der Waals surface area contributed by atoms with Crippen LogP contribution < -0.4 is 9.47 Å². The Morgan fingerprint density at radius 3 is 2.53 bits per heavy atom. The average Bonchev–Trinajstić information content (AvgIpc) is 2.99. The normalized spacial score (nSPS) is 23.6. The van der Waals surface area contributed by atoms with Crippen molar-refractivity contribution in [1.82, 2.24) is 9.88 Å². The highest BCUT2D eigenvalue weighted by Gasteiger charge is 2.44. The van der Waals surface area contributed by atoms with Gasteiger partial charge in [0.1, 0.15) is 17.6 Å². The number of methoxy groups -OCH3 is 1. The molecule has 3 saturated heterocycles. The zero-order valence-electron chi connectivity index (χ0n) is 22.1. The van der Waals surface area contributed by atoms with E-state index in [4.69, 9.17) is 14.5 Å². The minimum absolute atomic E-state index is 0.113. The van der Waals surface area contributed by atoms with Crippen LogP contribution in [0, 0.1) is 11.8 Å². The van der Waals surface area contributed by atoms with E-state index >= 15 is 0 Å². The van der Waals surface area contributed by atoms with Crippen molar-refractivity contribution in [3.8, 4) is 11.5 Å². The molecule has 38 heavy (non-hydrogen) atoms. The maximum absolute atomic E-state index is 7.25. The van der Waals surface area contributed by atoms with E-state index in [2.05, 4.69) is 84.6 Å². The minimum atomic E-state index is -0.113. The number of pyridine rings is 1. The number of ether oxygens (including phenoxy) is 2. The fourth-order valence-electron chi connectivity index (χ4n) is 7.08. The quantitative estimate of drug-likeness (QED) is 0.222. The number of piperidine rings is 3. The number of hydrogen-bond acceptors (Lipinski definition) is 4. The molecule has 0 N–H and O–H groups in total. The van der Waals surface area contributed by atoms with Crippen LogP contribution in [0.4, 0.5) is 0 Å². The summed E-state index contributed by atoms with van der Waals surface area (Å²) in [7, 11) is 1.73. The summed E-state index contributed by atoms with van der Waals surface area (Å²) >= 11 is 0. The van der Waals surface area contributed by atoms with Gasteiger partial charge in [-0.25, -0.2) is 0 Å². The van der Waals surface area contributed by atoms with E-state index in [-0.39, 0.29) is 6.10 Å². The third-order valence-corrected chi connectivity index (χ3v) is 9.08. The number of benzene rings is 4. The van der Waals surface area contributed by atoms with Crippen molar-refractivity contribution < 1.29 is 9.47 Å². The Hall–Kier alpha value is -3.63. The predicted octanol–water partition coefficient (Wildman–Crippen LogP) is 7.79. The standard InChI is InChI=1S/C34H34N2O2/c1-3-22-21-36-17-15-23(22)18-32(36)34(29-14-16-35-31-13-12-25(37-2)20-30(29)31)38-33-19-24-8-4-5-9-26(24)27-10-6-7-11-28(27)33/h4-14,16,19-20,22-23,32,34H,3,15,17-18,21H2,1-2H3/t22?,23?,32-,34+/m0/s1. The molecule has 5 atom stereocenters. The van der Waals surface area contributed by atoms with Crippen molar-refractivity contribution in [1.29, 1.82) is 0 Å². The average molecular weight is 503 g/mol. The van der Waals surface area contributed by atoms with E-state index < -0.39 is 0 Å². The maximum Gasteiger partial charge on any atom is 0.140 e. The molecule has 0 aliphatic carbocycles. The molecule has 4 nitrogen and oxygen atoms in total. The van der Waals surface area contributed by atoms with Crippen LogP contribution in [0.25, 0.3) is 32.4 Å². The lowest BCUT2D eigenvalue weighted by atomic mass is 9.72. The Bertz CT molecular complexity index is 1630. The van der Waals surface area contributed by atoms with Gasteiger partial charge in [-0.2, -0.15) is 0 Å². The Morgan fingerprint density at radius 2 is 1.74 bits per heavy atom. The number of aromatic nitrogens is 1. The van der Waals surface area contributed by atoms with E-state index in [1.807, 2.05) is 12.3 Å². The smallest absolute Gasteiger partial charge is 0.140 e. The molecule has 3 unspecified atom stereocenters. The van der Waals surface area contributed by atoms with E-state index in [0.717, 1.165) is 52.7 Å². The van der Waals surface area contributed by atoms with Gasteiger partial charge in [0.15, 0.2) is 0 Å². The van der Waals surface area contributed by atoms with Gasteiger partial charge in [0.25, 0.3) is 0 Å². The van der Waals surface area contributed by atoms with E-state index in [1.165, 1.54) is 41.0 Å². The molecule has 4 heteroatoms. The van der Waals surface area contributed by atoms with E-state index in [1.54, 1.807) is 7.11 Å². The van der Waals surface area contributed by atoms with E-state index in [9.17, 15) is 0 Å². The van der Waals surface area contributed by atoms with Gasteiger partial charge in [-0.1, -0.05) is 61.9 Å². The summed E-state index contributed by atoms with van der Waals surface area (Å²) in [5.41, 5.74) is 2.17. The molecule has 3 aliphatic heterocycles. The van der Waals surface area contributed by atoms with Gasteiger partial charge in [0.05, 0.1) is 18.7 Å². The SMILES string of the molecule is CCC1CN2CCC1C[C@H]2[C@H](Oc1cc2ccccc2c2ccccc12)c1ccnc2ccc(OC)cc12. The van der Waals surface area contributed by atoms with Crippen molar-refractivity contribution in [2.45, 2.75) is 38.3 Å². The van der Waals surface area contributed by atoms with Gasteiger partial charge in [0.2, 0.25) is 0 Å². The second kappa shape index (κ2) is 9.59. The molecule has 1 aromatic heterocycles. The summed E-state index contributed by atoms with van der Waals surface area (Å²) in [5, 5.41) is 5.97. The first kappa shape index (κ1) is 23.5. The third-order valence-electron chi connectivity index (χ3n) is 9.08. The van der Waals surface area contributed by atoms with Crippen molar-refractivity contribution in [2.24, 2.45) is 11.8 Å². The molecular weight excluding hydrogens is 468 g/mol. The van der Waals surface area contributed by atoms with Crippen LogP contribution in [0.5, 0.6) is 11.5 Å². The first-order chi connectivity index (χ1) is 18.7. The molecule has 0 amide bonds. The summed E-state index contributed by atoms with van der Waals surface area (Å²) < 4.78 is 12.9. The van der Waals surface area contributed by atoms with Crippen LogP contribution in [0.3, 0.4) is 0 Å². The monoisotopic (exact) mass is 502 g/mol. The topological polar surface area (TPSA) is 34.6 Å². The number of hydrogen-bond donors (Lipinski definition) is 0. The van der Waals surface area contributed by atoms with Gasteiger partial charge in [-0.3, -0.25) is 9.88 Å². The van der Waals surface area contributed by atoms with Gasteiger partial charge in [0, 0.05) is 29.1 Å². The van der Waals surface area contributed by atoms with Gasteiger partial charge < -0.3 is 9.47 Å². The van der Waals surface area contributed by atoms with Crippen LogP contribution in [0.2, 0.25) is 0 Å². The molecule has 0 radical (unpaired) electrons. The Morgan fingerprint density at radius 1 is 0.921 bits per heavy atom. The third kappa shape index (κ3) is 3.90. The fourth-order valence-corrected chi connectivity index (χ4v) is 7.08. The van der Waals surface area contributed by atoms with Crippen LogP contribution in [0.15, 0.2) is 85.1 Å². The largest absolute Gasteiger partial charge is 0.497 e. The Labute approximate surface area is 224 Å². The zero-order valence-corrected chi connectivity index (χ0v) is 22.1. The van der Waals surface area contributed by atoms with Gasteiger partial charge in [-0.05, 0) is 77.7 Å². The second-order valence-electron chi connectivity index (χ2n) is 11.0. The lowest BCUT2D eigenvalue weighted by molar-refractivity contribution is -0.0480. The van der Waals surface area contributed by atoms with Crippen LogP contribution >= 0.6 is 0 Å². The highest BCUT2D eigenvalue weighted by Crippen LogP contribution is 2.45. The lowest BCUT2D eigenvalue weighted by Gasteiger charge is -2.52. The Kier molecular flexibility index (Phi) is 5.93. The number of rotatable bonds is 6. The molecule has 0 saturated carbocycles. The van der Waals surface area contributed by atoms with Crippen LogP contribution in [-0.4, -0.2) is 36.1 Å². The molecule has 3 aliphatic rings. The first-order valence-corrected chi connectivity index (χ1v) is 14.0. The van der Waals surface area contributed by atoms with E-state index in [0.29, 0.717) is 6.04 Å². The summed E-state index contributed by atoms with van der Waals surface area (Å²) in [5.74, 6) is 3.35. The molecule has 2 bridgehead atoms. The Balaban J connectivity index is 1.41. The highest BCUT2D eigenvalue weighted by molar-refractivity contribution is 6.10. The second-order valence-corrected chi connectivity index (χ2v) is 11.0. The summed E-state index contributed by atoms with van der Waals surface area (Å²) in [4.78, 5) is 7.39. The zero-order chi connectivity index (χ0) is 25.6. The van der Waals surface area contributed by atoms with Crippen LogP contribution in [-0.2, 0) is 0 Å². The molecular formula is C34H34N2O2. The van der Waals surface area contributed by atoms with Crippen LogP contribution in [0.1, 0.15) is 37.9 Å². The lowest BCUT2D eigenvalue weighted by Crippen LogP contribution is -2.56. The fraction of sp³-hybridized carbons (Fsp3) is 0.324. The molecule has 3 fully saturated rings. The van der Waals surface area contributed by atoms with Crippen molar-refractivity contribution in [3.63, 3.8) is 0 Å². The highest BCUT2D eigenvalue weighted by atomic mass is 16.5. The summed E-state index contributed by atoms with van der Waals surface area (Å²) in [6.07, 6.45) is 5.54. The molecule has 4 aromatic carbocycles. The van der Waals surface area contributed by atoms with Crippen molar-refractivity contribution >= 4 is 32.4 Å². The maximum atomic E-state index is 7.25. The molecule has 4 heterocycles. The van der Waals surface area contributed by atoms with Gasteiger partial charge >= 0.3 is 0 Å². The number of fused-ring (bicyclic) bond motifs is 7. The van der Waals surface area contributed by atoms with Gasteiger partial charge in [-0.15, -0.1) is 0 Å². The summed E-state index contributed by atoms with van der Waals surface area (Å²) in [6, 6.07) is 28.2. The summed E-state index contributed by atoms with van der Waals surface area (Å²) in [6.45, 7) is 4.66. The van der Waals surface area contributed by atoms with Crippen molar-refractivity contribution in [2.75, 3.05) is 20.2 Å².